The van der Waals surface area contributed by atoms with Gasteiger partial charge in [0.1, 0.15) is 0 Å². The minimum atomic E-state index is -0.485. The number of esters is 1. The summed E-state index contributed by atoms with van der Waals surface area (Å²) < 4.78 is 6.37. The molecule has 28 heavy (non-hydrogen) atoms. The van der Waals surface area contributed by atoms with Crippen LogP contribution in [0.1, 0.15) is 44.0 Å². The van der Waals surface area contributed by atoms with Gasteiger partial charge in [0.15, 0.2) is 5.16 Å². The molecule has 0 bridgehead atoms. The van der Waals surface area contributed by atoms with Gasteiger partial charge in [0.05, 0.1) is 28.8 Å². The fourth-order valence-electron chi connectivity index (χ4n) is 2.82. The number of fused-ring (bicyclic) bond motifs is 1. The predicted octanol–water partition coefficient (Wildman–Crippen LogP) is 2.60. The Bertz CT molecular complexity index is 966. The van der Waals surface area contributed by atoms with E-state index in [1.165, 1.54) is 18.9 Å². The Labute approximate surface area is 167 Å². The molecule has 0 saturated heterocycles. The molecule has 1 aromatic heterocycles. The molecule has 0 unspecified atom stereocenters. The Morgan fingerprint density at radius 3 is 2.64 bits per heavy atom. The summed E-state index contributed by atoms with van der Waals surface area (Å²) >= 11 is 1.26. The molecular weight excluding hydrogens is 378 g/mol. The lowest BCUT2D eigenvalue weighted by Gasteiger charge is -2.17. The van der Waals surface area contributed by atoms with E-state index < -0.39 is 5.97 Å². The van der Waals surface area contributed by atoms with Crippen LogP contribution in [0.25, 0.3) is 10.9 Å². The summed E-state index contributed by atoms with van der Waals surface area (Å²) in [7, 11) is 1.31. The molecule has 150 valence electrons. The number of methoxy groups -OCH3 is 1. The fraction of sp³-hybridized carbons (Fsp3) is 0.500. The van der Waals surface area contributed by atoms with Gasteiger partial charge in [-0.1, -0.05) is 25.6 Å². The molecule has 1 aromatic carbocycles. The van der Waals surface area contributed by atoms with Crippen molar-refractivity contribution >= 4 is 34.5 Å². The Morgan fingerprint density at radius 1 is 1.32 bits per heavy atom. The van der Waals surface area contributed by atoms with Crippen molar-refractivity contribution in [2.45, 2.75) is 56.6 Å². The molecule has 1 atom stereocenters. The van der Waals surface area contributed by atoms with Crippen molar-refractivity contribution in [3.05, 3.63) is 34.1 Å². The van der Waals surface area contributed by atoms with Gasteiger partial charge >= 0.3 is 5.97 Å². The maximum atomic E-state index is 13.1. The second-order valence-corrected chi connectivity index (χ2v) is 8.78. The third-order valence-corrected chi connectivity index (χ3v) is 5.55. The number of benzene rings is 1. The van der Waals surface area contributed by atoms with E-state index in [9.17, 15) is 14.4 Å². The number of nitrogens with one attached hydrogen (secondary N) is 1. The van der Waals surface area contributed by atoms with Gasteiger partial charge in [0, 0.05) is 12.6 Å². The van der Waals surface area contributed by atoms with E-state index in [4.69, 9.17) is 4.74 Å². The molecule has 1 fully saturated rings. The number of hydrogen-bond acceptors (Lipinski definition) is 6. The Hall–Kier alpha value is -2.35. The average molecular weight is 404 g/mol. The number of rotatable bonds is 7. The summed E-state index contributed by atoms with van der Waals surface area (Å²) in [6.45, 7) is 6.35. The fourth-order valence-corrected chi connectivity index (χ4v) is 3.75. The van der Waals surface area contributed by atoms with Crippen LogP contribution in [0.2, 0.25) is 0 Å². The van der Waals surface area contributed by atoms with Gasteiger partial charge in [-0.25, -0.2) is 9.78 Å². The van der Waals surface area contributed by atoms with Gasteiger partial charge in [0.2, 0.25) is 5.91 Å². The number of nitrogens with zero attached hydrogens (tertiary/aromatic N) is 2. The van der Waals surface area contributed by atoms with Crippen LogP contribution in [0.3, 0.4) is 0 Å². The topological polar surface area (TPSA) is 90.3 Å². The van der Waals surface area contributed by atoms with E-state index in [0.29, 0.717) is 28.2 Å². The highest BCUT2D eigenvalue weighted by Crippen LogP contribution is 2.25. The third kappa shape index (κ3) is 4.55. The smallest absolute Gasteiger partial charge is 0.337 e. The van der Waals surface area contributed by atoms with Crippen LogP contribution in [0.5, 0.6) is 0 Å². The molecule has 1 aliphatic carbocycles. The Balaban J connectivity index is 2.02. The van der Waals surface area contributed by atoms with Crippen LogP contribution >= 0.6 is 11.8 Å². The monoisotopic (exact) mass is 403 g/mol. The number of amides is 1. The summed E-state index contributed by atoms with van der Waals surface area (Å²) in [4.78, 5) is 41.9. The zero-order valence-electron chi connectivity index (χ0n) is 16.5. The molecule has 1 N–H and O–H groups in total. The molecule has 1 saturated carbocycles. The van der Waals surface area contributed by atoms with E-state index in [1.807, 2.05) is 20.8 Å². The van der Waals surface area contributed by atoms with Crippen LogP contribution in [0.4, 0.5) is 0 Å². The minimum absolute atomic E-state index is 0.0544. The van der Waals surface area contributed by atoms with Crippen molar-refractivity contribution in [3.8, 4) is 0 Å². The average Bonchev–Trinajstić information content (AvgIpc) is 3.47. The number of hydrogen-bond donors (Lipinski definition) is 1. The summed E-state index contributed by atoms with van der Waals surface area (Å²) in [6.07, 6.45) is 2.04. The minimum Gasteiger partial charge on any atom is -0.465 e. The second kappa shape index (κ2) is 8.34. The molecule has 0 spiro atoms. The highest BCUT2D eigenvalue weighted by Gasteiger charge is 2.27. The molecule has 1 amide bonds. The first kappa shape index (κ1) is 20.4. The standard InChI is InChI=1S/C20H25N3O4S/c1-11(2)10-23-18(25)15-8-5-13(19(26)27-4)9-16(15)22-20(23)28-12(3)17(24)21-14-6-7-14/h5,8-9,11-12,14H,6-7,10H2,1-4H3,(H,21,24)/t12-/m0/s1. The lowest BCUT2D eigenvalue weighted by molar-refractivity contribution is -0.120. The predicted molar refractivity (Wildman–Crippen MR) is 109 cm³/mol. The van der Waals surface area contributed by atoms with Gasteiger partial charge in [0.25, 0.3) is 5.56 Å². The Morgan fingerprint density at radius 2 is 2.04 bits per heavy atom. The quantitative estimate of drug-likeness (QED) is 0.434. The zero-order valence-corrected chi connectivity index (χ0v) is 17.3. The molecule has 7 nitrogen and oxygen atoms in total. The van der Waals surface area contributed by atoms with E-state index in [1.54, 1.807) is 22.8 Å². The number of aromatic nitrogens is 2. The van der Waals surface area contributed by atoms with Crippen molar-refractivity contribution in [3.63, 3.8) is 0 Å². The normalized spacial score (nSPS) is 14.9. The maximum Gasteiger partial charge on any atom is 0.337 e. The van der Waals surface area contributed by atoms with E-state index in [0.717, 1.165) is 12.8 Å². The molecule has 3 rings (SSSR count). The van der Waals surface area contributed by atoms with Crippen molar-refractivity contribution in [2.75, 3.05) is 7.11 Å². The van der Waals surface area contributed by atoms with Crippen LogP contribution < -0.4 is 10.9 Å². The summed E-state index contributed by atoms with van der Waals surface area (Å²) in [5.41, 5.74) is 0.580. The van der Waals surface area contributed by atoms with Gasteiger partial charge in [-0.2, -0.15) is 0 Å². The number of thioether (sulfide) groups is 1. The van der Waals surface area contributed by atoms with E-state index in [2.05, 4.69) is 10.3 Å². The van der Waals surface area contributed by atoms with Crippen LogP contribution in [-0.4, -0.2) is 39.8 Å². The molecule has 2 aromatic rings. The molecule has 1 heterocycles. The molecule has 8 heteroatoms. The molecule has 0 aliphatic heterocycles. The van der Waals surface area contributed by atoms with Crippen LogP contribution in [-0.2, 0) is 16.1 Å². The first-order chi connectivity index (χ1) is 13.3. The van der Waals surface area contributed by atoms with Gasteiger partial charge < -0.3 is 10.1 Å². The highest BCUT2D eigenvalue weighted by molar-refractivity contribution is 8.00. The summed E-state index contributed by atoms with van der Waals surface area (Å²) in [5, 5.41) is 3.52. The molecule has 0 radical (unpaired) electrons. The lowest BCUT2D eigenvalue weighted by atomic mass is 10.1. The van der Waals surface area contributed by atoms with Crippen LogP contribution in [0.15, 0.2) is 28.2 Å². The largest absolute Gasteiger partial charge is 0.465 e. The van der Waals surface area contributed by atoms with Gasteiger partial charge in [-0.15, -0.1) is 0 Å². The highest BCUT2D eigenvalue weighted by atomic mass is 32.2. The van der Waals surface area contributed by atoms with E-state index >= 15 is 0 Å². The van der Waals surface area contributed by atoms with Crippen molar-refractivity contribution < 1.29 is 14.3 Å². The van der Waals surface area contributed by atoms with E-state index in [-0.39, 0.29) is 28.7 Å². The molecule has 1 aliphatic rings. The second-order valence-electron chi connectivity index (χ2n) is 7.47. The first-order valence-corrected chi connectivity index (χ1v) is 10.3. The number of carbonyl (C=O) groups excluding carboxylic acids is 2. The third-order valence-electron chi connectivity index (χ3n) is 4.46. The lowest BCUT2D eigenvalue weighted by Crippen LogP contribution is -2.33. The SMILES string of the molecule is COC(=O)c1ccc2c(=O)n(CC(C)C)c(S[C@@H](C)C(=O)NC3CC3)nc2c1. The Kier molecular flexibility index (Phi) is 6.07. The van der Waals surface area contributed by atoms with Crippen molar-refractivity contribution in [2.24, 2.45) is 5.92 Å². The van der Waals surface area contributed by atoms with Crippen LogP contribution in [0, 0.1) is 5.92 Å². The van der Waals surface area contributed by atoms with Gasteiger partial charge in [-0.05, 0) is 43.9 Å². The van der Waals surface area contributed by atoms with Crippen molar-refractivity contribution in [1.29, 1.82) is 0 Å². The zero-order chi connectivity index (χ0) is 20.4. The number of ether oxygens (including phenoxy) is 1. The first-order valence-electron chi connectivity index (χ1n) is 9.40. The maximum absolute atomic E-state index is 13.1. The summed E-state index contributed by atoms with van der Waals surface area (Å²) in [6, 6.07) is 5.00. The van der Waals surface area contributed by atoms with Gasteiger partial charge in [-0.3, -0.25) is 14.2 Å². The van der Waals surface area contributed by atoms with Crippen molar-refractivity contribution in [1.82, 2.24) is 14.9 Å². The summed E-state index contributed by atoms with van der Waals surface area (Å²) in [5.74, 6) is -0.302. The molecular formula is C20H25N3O4S. The number of carbonyl (C=O) groups is 2.